The molecule has 6 nitrogen and oxygen atoms in total. The topological polar surface area (TPSA) is 77.0 Å². The number of esters is 1. The Labute approximate surface area is 110 Å². The van der Waals surface area contributed by atoms with Crippen molar-refractivity contribution in [1.82, 2.24) is 15.0 Å². The molecule has 2 aromatic rings. The average molecular weight is 258 g/mol. The minimum absolute atomic E-state index is 0.180. The number of anilines is 1. The average Bonchev–Trinajstić information content (AvgIpc) is 2.46. The van der Waals surface area contributed by atoms with Gasteiger partial charge in [0, 0.05) is 18.9 Å². The van der Waals surface area contributed by atoms with E-state index in [2.05, 4.69) is 25.0 Å². The van der Waals surface area contributed by atoms with Gasteiger partial charge in [0.05, 0.1) is 19.5 Å². The number of nitrogens with zero attached hydrogens (tertiary/aromatic N) is 3. The van der Waals surface area contributed by atoms with E-state index in [9.17, 15) is 4.79 Å². The summed E-state index contributed by atoms with van der Waals surface area (Å²) in [6.45, 7) is 2.58. The highest BCUT2D eigenvalue weighted by atomic mass is 16.5. The van der Waals surface area contributed by atoms with Crippen LogP contribution in [0.1, 0.15) is 21.6 Å². The summed E-state index contributed by atoms with van der Waals surface area (Å²) < 4.78 is 4.60. The van der Waals surface area contributed by atoms with Gasteiger partial charge >= 0.3 is 5.97 Å². The maximum Gasteiger partial charge on any atom is 0.358 e. The number of aryl methyl sites for hydroxylation is 1. The summed E-state index contributed by atoms with van der Waals surface area (Å²) in [5.74, 6) is 0.0235. The van der Waals surface area contributed by atoms with Crippen LogP contribution in [0.3, 0.4) is 0 Å². The molecule has 0 saturated carbocycles. The number of hydrogen-bond donors (Lipinski definition) is 1. The molecule has 0 saturated heterocycles. The number of rotatable bonds is 4. The molecule has 98 valence electrons. The molecule has 0 radical (unpaired) electrons. The van der Waals surface area contributed by atoms with Gasteiger partial charge in [0.2, 0.25) is 0 Å². The number of aromatic nitrogens is 3. The highest BCUT2D eigenvalue weighted by Crippen LogP contribution is 2.09. The van der Waals surface area contributed by atoms with Crippen LogP contribution in [0.15, 0.2) is 30.9 Å². The second-order valence-corrected chi connectivity index (χ2v) is 3.94. The van der Waals surface area contributed by atoms with E-state index < -0.39 is 5.97 Å². The van der Waals surface area contributed by atoms with E-state index in [1.165, 1.54) is 13.3 Å². The van der Waals surface area contributed by atoms with Crippen LogP contribution in [-0.2, 0) is 11.3 Å². The number of carbonyl (C=O) groups is 1. The van der Waals surface area contributed by atoms with Gasteiger partial charge in [-0.05, 0) is 24.1 Å². The predicted octanol–water partition coefficient (Wildman–Crippen LogP) is 1.58. The van der Waals surface area contributed by atoms with E-state index in [-0.39, 0.29) is 5.69 Å². The first-order chi connectivity index (χ1) is 9.20. The van der Waals surface area contributed by atoms with Gasteiger partial charge in [0.1, 0.15) is 5.82 Å². The van der Waals surface area contributed by atoms with Crippen molar-refractivity contribution >= 4 is 11.8 Å². The lowest BCUT2D eigenvalue weighted by molar-refractivity contribution is 0.0593. The molecule has 0 amide bonds. The molecule has 0 spiro atoms. The van der Waals surface area contributed by atoms with Gasteiger partial charge < -0.3 is 10.1 Å². The van der Waals surface area contributed by atoms with Gasteiger partial charge in [-0.1, -0.05) is 0 Å². The lowest BCUT2D eigenvalue weighted by atomic mass is 10.1. The summed E-state index contributed by atoms with van der Waals surface area (Å²) in [4.78, 5) is 23.4. The largest absolute Gasteiger partial charge is 0.464 e. The molecule has 2 heterocycles. The molecule has 0 aliphatic carbocycles. The summed E-state index contributed by atoms with van der Waals surface area (Å²) >= 11 is 0. The minimum Gasteiger partial charge on any atom is -0.464 e. The van der Waals surface area contributed by atoms with Gasteiger partial charge in [0.15, 0.2) is 5.69 Å². The van der Waals surface area contributed by atoms with E-state index >= 15 is 0 Å². The molecule has 0 bridgehead atoms. The van der Waals surface area contributed by atoms with Crippen molar-refractivity contribution in [3.05, 3.63) is 47.7 Å². The van der Waals surface area contributed by atoms with Crippen molar-refractivity contribution in [1.29, 1.82) is 0 Å². The third kappa shape index (κ3) is 3.25. The van der Waals surface area contributed by atoms with Crippen LogP contribution in [0.4, 0.5) is 5.82 Å². The quantitative estimate of drug-likeness (QED) is 0.839. The highest BCUT2D eigenvalue weighted by Gasteiger charge is 2.08. The van der Waals surface area contributed by atoms with Gasteiger partial charge in [0.25, 0.3) is 0 Å². The van der Waals surface area contributed by atoms with Crippen LogP contribution >= 0.6 is 0 Å². The first kappa shape index (κ1) is 12.9. The third-order valence-electron chi connectivity index (χ3n) is 2.63. The maximum absolute atomic E-state index is 11.3. The SMILES string of the molecule is COC(=O)c1cncc(NCc2ccncc2C)n1. The summed E-state index contributed by atoms with van der Waals surface area (Å²) in [5, 5.41) is 3.11. The summed E-state index contributed by atoms with van der Waals surface area (Å²) in [5.41, 5.74) is 2.38. The number of carbonyl (C=O) groups excluding carboxylic acids is 1. The molecule has 0 atom stereocenters. The number of methoxy groups -OCH3 is 1. The minimum atomic E-state index is -0.503. The van der Waals surface area contributed by atoms with Gasteiger partial charge in [-0.15, -0.1) is 0 Å². The van der Waals surface area contributed by atoms with Crippen molar-refractivity contribution in [3.8, 4) is 0 Å². The molecule has 0 aromatic carbocycles. The lowest BCUT2D eigenvalue weighted by Gasteiger charge is -2.08. The standard InChI is InChI=1S/C13H14N4O2/c1-9-5-14-4-3-10(9)6-16-12-8-15-7-11(17-12)13(18)19-2/h3-5,7-8H,6H2,1-2H3,(H,16,17). The van der Waals surface area contributed by atoms with E-state index in [1.54, 1.807) is 18.6 Å². The number of pyridine rings is 1. The van der Waals surface area contributed by atoms with Crippen molar-refractivity contribution in [3.63, 3.8) is 0 Å². The Morgan fingerprint density at radius 1 is 1.32 bits per heavy atom. The smallest absolute Gasteiger partial charge is 0.358 e. The molecule has 0 aliphatic rings. The molecule has 2 rings (SSSR count). The summed E-state index contributed by atoms with van der Waals surface area (Å²) in [6.07, 6.45) is 6.46. The van der Waals surface area contributed by atoms with Crippen LogP contribution < -0.4 is 5.32 Å². The molecule has 19 heavy (non-hydrogen) atoms. The Balaban J connectivity index is 2.08. The number of hydrogen-bond acceptors (Lipinski definition) is 6. The summed E-state index contributed by atoms with van der Waals surface area (Å²) in [6, 6.07) is 1.93. The lowest BCUT2D eigenvalue weighted by Crippen LogP contribution is -2.09. The normalized spacial score (nSPS) is 10.0. The molecule has 0 fully saturated rings. The Morgan fingerprint density at radius 2 is 2.16 bits per heavy atom. The van der Waals surface area contributed by atoms with Crippen molar-refractivity contribution in [2.45, 2.75) is 13.5 Å². The fraction of sp³-hybridized carbons (Fsp3) is 0.231. The zero-order valence-corrected chi connectivity index (χ0v) is 10.8. The van der Waals surface area contributed by atoms with Gasteiger partial charge in [-0.3, -0.25) is 9.97 Å². The molecular weight excluding hydrogens is 244 g/mol. The van der Waals surface area contributed by atoms with Gasteiger partial charge in [-0.25, -0.2) is 9.78 Å². The van der Waals surface area contributed by atoms with Crippen LogP contribution in [0.5, 0.6) is 0 Å². The molecular formula is C13H14N4O2. The van der Waals surface area contributed by atoms with Crippen molar-refractivity contribution in [2.75, 3.05) is 12.4 Å². The Hall–Kier alpha value is -2.50. The second-order valence-electron chi connectivity index (χ2n) is 3.94. The molecule has 0 aliphatic heterocycles. The van der Waals surface area contributed by atoms with Crippen molar-refractivity contribution in [2.24, 2.45) is 0 Å². The summed E-state index contributed by atoms with van der Waals surface area (Å²) in [7, 11) is 1.31. The first-order valence-corrected chi connectivity index (χ1v) is 5.74. The third-order valence-corrected chi connectivity index (χ3v) is 2.63. The first-order valence-electron chi connectivity index (χ1n) is 5.74. The van der Waals surface area contributed by atoms with Crippen LogP contribution in [0.25, 0.3) is 0 Å². The van der Waals surface area contributed by atoms with E-state index in [0.717, 1.165) is 11.1 Å². The van der Waals surface area contributed by atoms with Gasteiger partial charge in [-0.2, -0.15) is 0 Å². The number of ether oxygens (including phenoxy) is 1. The van der Waals surface area contributed by atoms with E-state index in [4.69, 9.17) is 0 Å². The fourth-order valence-electron chi connectivity index (χ4n) is 1.54. The second kappa shape index (κ2) is 5.90. The Bertz CT molecular complexity index is 586. The molecule has 2 aromatic heterocycles. The highest BCUT2D eigenvalue weighted by molar-refractivity contribution is 5.87. The monoisotopic (exact) mass is 258 g/mol. The van der Waals surface area contributed by atoms with Crippen molar-refractivity contribution < 1.29 is 9.53 Å². The molecule has 6 heteroatoms. The van der Waals surface area contributed by atoms with E-state index in [0.29, 0.717) is 12.4 Å². The van der Waals surface area contributed by atoms with Crippen LogP contribution in [-0.4, -0.2) is 28.0 Å². The zero-order valence-electron chi connectivity index (χ0n) is 10.8. The number of nitrogens with one attached hydrogen (secondary N) is 1. The Kier molecular flexibility index (Phi) is 4.02. The van der Waals surface area contributed by atoms with Crippen LogP contribution in [0.2, 0.25) is 0 Å². The predicted molar refractivity (Wildman–Crippen MR) is 69.7 cm³/mol. The molecule has 0 unspecified atom stereocenters. The zero-order chi connectivity index (χ0) is 13.7. The Morgan fingerprint density at radius 3 is 2.89 bits per heavy atom. The molecule has 1 N–H and O–H groups in total. The maximum atomic E-state index is 11.3. The van der Waals surface area contributed by atoms with Crippen LogP contribution in [0, 0.1) is 6.92 Å². The fourth-order valence-corrected chi connectivity index (χ4v) is 1.54. The van der Waals surface area contributed by atoms with E-state index in [1.807, 2.05) is 13.0 Å².